The molecule has 0 bridgehead atoms. The van der Waals surface area contributed by atoms with Gasteiger partial charge in [0, 0.05) is 25.1 Å². The van der Waals surface area contributed by atoms with E-state index in [0.717, 1.165) is 22.4 Å². The van der Waals surface area contributed by atoms with Crippen molar-refractivity contribution in [2.75, 3.05) is 25.2 Å². The fraction of sp³-hybridized carbons (Fsp3) is 0.273. The Kier molecular flexibility index (Phi) is 12.2. The number of carbonyl (C=O) groups excluding carboxylic acids is 1. The summed E-state index contributed by atoms with van der Waals surface area (Å²) in [6, 6.07) is 21.9. The molecule has 228 valence electrons. The lowest BCUT2D eigenvalue weighted by Gasteiger charge is -2.24. The van der Waals surface area contributed by atoms with Crippen molar-refractivity contribution in [3.8, 4) is 11.5 Å². The predicted octanol–water partition coefficient (Wildman–Crippen LogP) is 6.57. The summed E-state index contributed by atoms with van der Waals surface area (Å²) in [7, 11) is -2.25. The Labute approximate surface area is 253 Å². The Morgan fingerprint density at radius 1 is 0.907 bits per heavy atom. The van der Waals surface area contributed by atoms with E-state index < -0.39 is 10.1 Å². The molecule has 0 saturated carbocycles. The van der Waals surface area contributed by atoms with Crippen LogP contribution in [0, 0.1) is 26.6 Å². The molecule has 1 aromatic heterocycles. The minimum atomic E-state index is -3.82. The van der Waals surface area contributed by atoms with Crippen molar-refractivity contribution in [3.63, 3.8) is 0 Å². The van der Waals surface area contributed by atoms with Crippen molar-refractivity contribution >= 4 is 21.7 Å². The molecule has 1 heterocycles. The summed E-state index contributed by atoms with van der Waals surface area (Å²) >= 11 is 0. The van der Waals surface area contributed by atoms with Gasteiger partial charge in [0.15, 0.2) is 0 Å². The molecule has 0 unspecified atom stereocenters. The van der Waals surface area contributed by atoms with Crippen LogP contribution in [0.5, 0.6) is 11.5 Å². The Bertz CT molecular complexity index is 1570. The van der Waals surface area contributed by atoms with Crippen LogP contribution >= 0.6 is 0 Å². The molecular weight excluding hydrogens is 571 g/mol. The van der Waals surface area contributed by atoms with Crippen LogP contribution in [0.25, 0.3) is 0 Å². The van der Waals surface area contributed by atoms with Gasteiger partial charge in [0.05, 0.1) is 43.1 Å². The van der Waals surface area contributed by atoms with Crippen LogP contribution in [0.15, 0.2) is 90.0 Å². The van der Waals surface area contributed by atoms with Gasteiger partial charge in [-0.15, -0.1) is 0 Å². The van der Waals surface area contributed by atoms with Crippen LogP contribution in [0.2, 0.25) is 0 Å². The van der Waals surface area contributed by atoms with E-state index in [-0.39, 0.29) is 36.4 Å². The molecule has 0 aliphatic rings. The van der Waals surface area contributed by atoms with Gasteiger partial charge >= 0.3 is 0 Å². The predicted molar refractivity (Wildman–Crippen MR) is 164 cm³/mol. The summed E-state index contributed by atoms with van der Waals surface area (Å²) < 4.78 is 53.2. The summed E-state index contributed by atoms with van der Waals surface area (Å²) in [5.74, 6) is 0.895. The maximum atomic E-state index is 12.4. The quantitative estimate of drug-likeness (QED) is 0.140. The monoisotopic (exact) mass is 608 g/mol. The number of hydrogen-bond acceptors (Lipinski definition) is 7. The minimum absolute atomic E-state index is 0.0177. The normalized spacial score (nSPS) is 10.8. The van der Waals surface area contributed by atoms with Gasteiger partial charge in [-0.05, 0) is 75.4 Å². The number of anilines is 1. The third kappa shape index (κ3) is 10.2. The molecule has 0 fully saturated rings. The molecule has 10 heteroatoms. The first-order valence-electron chi connectivity index (χ1n) is 13.7. The Balaban J connectivity index is 0.000000546. The first kappa shape index (κ1) is 33.2. The molecule has 4 aromatic rings. The molecule has 0 aliphatic carbocycles. The smallest absolute Gasteiger partial charge is 0.296 e. The zero-order chi connectivity index (χ0) is 31.4. The van der Waals surface area contributed by atoms with Gasteiger partial charge in [-0.3, -0.25) is 14.0 Å². The van der Waals surface area contributed by atoms with Gasteiger partial charge in [0.1, 0.15) is 17.3 Å². The lowest BCUT2D eigenvalue weighted by molar-refractivity contribution is -0.116. The average Bonchev–Trinajstić information content (AvgIpc) is 2.98. The number of pyridine rings is 1. The van der Waals surface area contributed by atoms with Crippen molar-refractivity contribution < 1.29 is 31.3 Å². The SMILES string of the molecule is COc1ccc(OCCCOS(=O)(=O)c2ccc(C)cc2)c(CN(C(C)=O)c2cccnc2C)c1.Cc1ccc(F)cc1. The average molecular weight is 609 g/mol. The summed E-state index contributed by atoms with van der Waals surface area (Å²) in [5.41, 5.74) is 4.25. The molecule has 0 spiro atoms. The number of rotatable bonds is 11. The second-order valence-corrected chi connectivity index (χ2v) is 11.4. The number of methoxy groups -OCH3 is 1. The van der Waals surface area contributed by atoms with Crippen LogP contribution < -0.4 is 14.4 Å². The third-order valence-electron chi connectivity index (χ3n) is 6.35. The maximum Gasteiger partial charge on any atom is 0.296 e. The number of carbonyl (C=O) groups is 1. The fourth-order valence-corrected chi connectivity index (χ4v) is 4.90. The van der Waals surface area contributed by atoms with Gasteiger partial charge in [-0.2, -0.15) is 8.42 Å². The number of halogens is 1. The van der Waals surface area contributed by atoms with Crippen molar-refractivity contribution in [2.24, 2.45) is 0 Å². The molecule has 0 N–H and O–H groups in total. The van der Waals surface area contributed by atoms with Gasteiger partial charge in [-0.25, -0.2) is 4.39 Å². The molecule has 0 atom stereocenters. The Morgan fingerprint density at radius 2 is 1.56 bits per heavy atom. The van der Waals surface area contributed by atoms with E-state index in [0.29, 0.717) is 23.6 Å². The lowest BCUT2D eigenvalue weighted by atomic mass is 10.1. The molecule has 0 aliphatic heterocycles. The number of aryl methyl sites for hydroxylation is 3. The first-order chi connectivity index (χ1) is 20.5. The second kappa shape index (κ2) is 15.8. The lowest BCUT2D eigenvalue weighted by Crippen LogP contribution is -2.29. The molecule has 1 amide bonds. The van der Waals surface area contributed by atoms with Crippen LogP contribution in [0.4, 0.5) is 10.1 Å². The van der Waals surface area contributed by atoms with Crippen LogP contribution in [-0.4, -0.2) is 39.6 Å². The molecule has 43 heavy (non-hydrogen) atoms. The molecule has 0 saturated heterocycles. The summed E-state index contributed by atoms with van der Waals surface area (Å²) in [4.78, 5) is 18.5. The van der Waals surface area contributed by atoms with E-state index in [9.17, 15) is 17.6 Å². The number of ether oxygens (including phenoxy) is 2. The van der Waals surface area contributed by atoms with Gasteiger partial charge in [0.2, 0.25) is 5.91 Å². The third-order valence-corrected chi connectivity index (χ3v) is 7.68. The largest absolute Gasteiger partial charge is 0.497 e. The number of nitrogens with zero attached hydrogens (tertiary/aromatic N) is 2. The summed E-state index contributed by atoms with van der Waals surface area (Å²) in [6.45, 7) is 7.63. The van der Waals surface area contributed by atoms with Gasteiger partial charge in [-0.1, -0.05) is 35.4 Å². The zero-order valence-electron chi connectivity index (χ0n) is 25.0. The maximum absolute atomic E-state index is 12.4. The van der Waals surface area contributed by atoms with Crippen LogP contribution in [-0.2, 0) is 25.6 Å². The van der Waals surface area contributed by atoms with Crippen LogP contribution in [0.3, 0.4) is 0 Å². The number of aromatic nitrogens is 1. The standard InChI is InChI=1S/C26H30N2O6S.C7H7F/c1-19-8-11-24(12-9-19)35(30,31)34-16-6-15-33-26-13-10-23(32-4)17-22(26)18-28(21(3)29)25-7-5-14-27-20(25)2;1-6-2-4-7(8)5-3-6/h5,7-14,17H,6,15-16,18H2,1-4H3;2-5H,1H3. The highest BCUT2D eigenvalue weighted by atomic mass is 32.2. The van der Waals surface area contributed by atoms with E-state index in [2.05, 4.69) is 4.98 Å². The summed E-state index contributed by atoms with van der Waals surface area (Å²) in [6.07, 6.45) is 2.03. The van der Waals surface area contributed by atoms with Crippen molar-refractivity contribution in [1.29, 1.82) is 0 Å². The molecule has 3 aromatic carbocycles. The van der Waals surface area contributed by atoms with Gasteiger partial charge < -0.3 is 14.4 Å². The van der Waals surface area contributed by atoms with Crippen molar-refractivity contribution in [1.82, 2.24) is 4.98 Å². The van der Waals surface area contributed by atoms with E-state index in [4.69, 9.17) is 13.7 Å². The molecule has 8 nitrogen and oxygen atoms in total. The van der Waals surface area contributed by atoms with Crippen molar-refractivity contribution in [2.45, 2.75) is 45.6 Å². The number of benzene rings is 3. The molecular formula is C33H37FN2O6S. The Morgan fingerprint density at radius 3 is 2.14 bits per heavy atom. The highest BCUT2D eigenvalue weighted by Gasteiger charge is 2.18. The first-order valence-corrected chi connectivity index (χ1v) is 15.1. The highest BCUT2D eigenvalue weighted by molar-refractivity contribution is 7.86. The minimum Gasteiger partial charge on any atom is -0.497 e. The van der Waals surface area contributed by atoms with E-state index in [1.807, 2.05) is 32.9 Å². The number of hydrogen-bond donors (Lipinski definition) is 0. The Hall–Kier alpha value is -4.28. The van der Waals surface area contributed by atoms with Crippen molar-refractivity contribution in [3.05, 3.63) is 113 Å². The van der Waals surface area contributed by atoms with Gasteiger partial charge in [0.25, 0.3) is 10.1 Å². The topological polar surface area (TPSA) is 95.0 Å². The fourth-order valence-electron chi connectivity index (χ4n) is 3.96. The zero-order valence-corrected chi connectivity index (χ0v) is 25.9. The molecule has 4 rings (SSSR count). The van der Waals surface area contributed by atoms with E-state index >= 15 is 0 Å². The molecule has 0 radical (unpaired) electrons. The van der Waals surface area contributed by atoms with E-state index in [1.54, 1.807) is 60.7 Å². The summed E-state index contributed by atoms with van der Waals surface area (Å²) in [5, 5.41) is 0. The van der Waals surface area contributed by atoms with Crippen LogP contribution in [0.1, 0.15) is 35.7 Å². The van der Waals surface area contributed by atoms with E-state index in [1.165, 1.54) is 31.2 Å². The second-order valence-electron chi connectivity index (χ2n) is 9.77. The highest BCUT2D eigenvalue weighted by Crippen LogP contribution is 2.29. The number of amides is 1.